The van der Waals surface area contributed by atoms with Crippen molar-refractivity contribution < 1.29 is 29.1 Å². The lowest BCUT2D eigenvalue weighted by molar-refractivity contribution is -0.143. The maximum absolute atomic E-state index is 13.1. The van der Waals surface area contributed by atoms with E-state index in [4.69, 9.17) is 11.5 Å². The lowest BCUT2D eigenvalue weighted by atomic mass is 10.0. The Morgan fingerprint density at radius 3 is 2.23 bits per heavy atom. The monoisotopic (exact) mass is 488 g/mol. The van der Waals surface area contributed by atoms with Crippen LogP contribution in [0.25, 0.3) is 10.9 Å². The highest BCUT2D eigenvalue weighted by atomic mass is 16.4. The summed E-state index contributed by atoms with van der Waals surface area (Å²) >= 11 is 0. The van der Waals surface area contributed by atoms with E-state index < -0.39 is 66.1 Å². The molecular formula is C23H32N6O6. The summed E-state index contributed by atoms with van der Waals surface area (Å²) in [4.78, 5) is 63.7. The van der Waals surface area contributed by atoms with Crippen LogP contribution < -0.4 is 27.4 Å². The van der Waals surface area contributed by atoms with Gasteiger partial charge in [-0.05, 0) is 24.5 Å². The van der Waals surface area contributed by atoms with Gasteiger partial charge in [0.15, 0.2) is 0 Å². The topological polar surface area (TPSA) is 209 Å². The molecule has 9 N–H and O–H groups in total. The number of benzene rings is 1. The predicted octanol–water partition coefficient (Wildman–Crippen LogP) is -0.872. The minimum absolute atomic E-state index is 0.0634. The molecule has 12 nitrogen and oxygen atoms in total. The van der Waals surface area contributed by atoms with Crippen molar-refractivity contribution in [1.82, 2.24) is 20.9 Å². The second-order valence-electron chi connectivity index (χ2n) is 8.70. The number of carboxylic acids is 1. The van der Waals surface area contributed by atoms with Gasteiger partial charge in [0.05, 0.1) is 12.5 Å². The van der Waals surface area contributed by atoms with Gasteiger partial charge in [-0.15, -0.1) is 0 Å². The summed E-state index contributed by atoms with van der Waals surface area (Å²) in [5, 5.41) is 17.7. The SMILES string of the molecule is CC(NC(=O)C(N)CC(N)=O)C(=O)NC(Cc1c[nH]c2ccccc12)C(=O)NC(C(=O)O)C(C)C. The van der Waals surface area contributed by atoms with Crippen LogP contribution in [0.5, 0.6) is 0 Å². The van der Waals surface area contributed by atoms with Crippen molar-refractivity contribution in [3.63, 3.8) is 0 Å². The third-order valence-corrected chi connectivity index (χ3v) is 5.47. The van der Waals surface area contributed by atoms with Crippen LogP contribution >= 0.6 is 0 Å². The highest BCUT2D eigenvalue weighted by Gasteiger charge is 2.31. The molecule has 1 aromatic heterocycles. The summed E-state index contributed by atoms with van der Waals surface area (Å²) in [5.74, 6) is -4.50. The Hall–Kier alpha value is -3.93. The number of amides is 4. The fourth-order valence-electron chi connectivity index (χ4n) is 3.49. The molecule has 0 aliphatic heterocycles. The molecule has 0 radical (unpaired) electrons. The van der Waals surface area contributed by atoms with Gasteiger partial charge in [-0.25, -0.2) is 4.79 Å². The summed E-state index contributed by atoms with van der Waals surface area (Å²) in [6.07, 6.45) is 1.38. The molecule has 0 aliphatic carbocycles. The van der Waals surface area contributed by atoms with E-state index in [1.165, 1.54) is 6.92 Å². The number of fused-ring (bicyclic) bond motifs is 1. The van der Waals surface area contributed by atoms with Gasteiger partial charge in [0, 0.05) is 23.5 Å². The van der Waals surface area contributed by atoms with Gasteiger partial charge in [-0.1, -0.05) is 32.0 Å². The Kier molecular flexibility index (Phi) is 9.34. The van der Waals surface area contributed by atoms with Crippen molar-refractivity contribution in [2.75, 3.05) is 0 Å². The molecule has 4 unspecified atom stereocenters. The number of hydrogen-bond acceptors (Lipinski definition) is 6. The van der Waals surface area contributed by atoms with E-state index in [0.717, 1.165) is 16.5 Å². The Morgan fingerprint density at radius 1 is 0.971 bits per heavy atom. The van der Waals surface area contributed by atoms with Crippen molar-refractivity contribution in [2.24, 2.45) is 17.4 Å². The molecule has 190 valence electrons. The first kappa shape index (κ1) is 27.3. The van der Waals surface area contributed by atoms with Gasteiger partial charge in [0.2, 0.25) is 23.6 Å². The molecule has 12 heteroatoms. The molecular weight excluding hydrogens is 456 g/mol. The third kappa shape index (κ3) is 7.54. The molecule has 0 saturated heterocycles. The molecule has 0 aliphatic rings. The number of nitrogens with two attached hydrogens (primary N) is 2. The van der Waals surface area contributed by atoms with E-state index >= 15 is 0 Å². The lowest BCUT2D eigenvalue weighted by Gasteiger charge is -2.25. The first-order valence-electron chi connectivity index (χ1n) is 11.1. The van der Waals surface area contributed by atoms with Crippen molar-refractivity contribution in [2.45, 2.75) is 57.8 Å². The number of H-pyrrole nitrogens is 1. The molecule has 4 atom stereocenters. The molecule has 2 rings (SSSR count). The number of aromatic nitrogens is 1. The van der Waals surface area contributed by atoms with Gasteiger partial charge in [0.1, 0.15) is 18.1 Å². The minimum atomic E-state index is -1.23. The highest BCUT2D eigenvalue weighted by molar-refractivity contribution is 5.95. The average molecular weight is 489 g/mol. The van der Waals surface area contributed by atoms with Crippen LogP contribution in [-0.2, 0) is 30.4 Å². The van der Waals surface area contributed by atoms with Crippen LogP contribution in [0.4, 0.5) is 0 Å². The van der Waals surface area contributed by atoms with Crippen LogP contribution in [0, 0.1) is 5.92 Å². The number of para-hydroxylation sites is 1. The van der Waals surface area contributed by atoms with Gasteiger partial charge >= 0.3 is 5.97 Å². The maximum Gasteiger partial charge on any atom is 0.326 e. The predicted molar refractivity (Wildman–Crippen MR) is 128 cm³/mol. The fraction of sp³-hybridized carbons (Fsp3) is 0.435. The zero-order chi connectivity index (χ0) is 26.3. The van der Waals surface area contributed by atoms with Crippen LogP contribution in [0.3, 0.4) is 0 Å². The molecule has 0 spiro atoms. The van der Waals surface area contributed by atoms with Gasteiger partial charge in [-0.2, -0.15) is 0 Å². The lowest BCUT2D eigenvalue weighted by Crippen LogP contribution is -2.57. The molecule has 1 heterocycles. The number of rotatable bonds is 12. The number of aromatic amines is 1. The van der Waals surface area contributed by atoms with Crippen molar-refractivity contribution >= 4 is 40.5 Å². The van der Waals surface area contributed by atoms with E-state index in [2.05, 4.69) is 20.9 Å². The highest BCUT2D eigenvalue weighted by Crippen LogP contribution is 2.19. The quantitative estimate of drug-likeness (QED) is 0.200. The fourth-order valence-corrected chi connectivity index (χ4v) is 3.49. The van der Waals surface area contributed by atoms with E-state index in [1.807, 2.05) is 24.3 Å². The van der Waals surface area contributed by atoms with E-state index in [-0.39, 0.29) is 6.42 Å². The standard InChI is InChI=1S/C23H32N6O6/c1-11(2)19(23(34)35)29-22(33)17(8-13-10-26-16-7-5-4-6-14(13)16)28-20(31)12(3)27-21(32)15(24)9-18(25)30/h4-7,10-12,15,17,19,26H,8-9,24H2,1-3H3,(H2,25,30)(H,27,32)(H,28,31)(H,29,33)(H,34,35). The number of carbonyl (C=O) groups is 5. The van der Waals surface area contributed by atoms with Crippen LogP contribution in [0.15, 0.2) is 30.5 Å². The normalized spacial score (nSPS) is 14.5. The second kappa shape index (κ2) is 12.0. The van der Waals surface area contributed by atoms with Crippen LogP contribution in [0.1, 0.15) is 32.8 Å². The largest absolute Gasteiger partial charge is 0.480 e. The zero-order valence-electron chi connectivity index (χ0n) is 19.8. The number of primary amides is 1. The van der Waals surface area contributed by atoms with E-state index in [9.17, 15) is 29.1 Å². The van der Waals surface area contributed by atoms with Gasteiger partial charge < -0.3 is 37.5 Å². The van der Waals surface area contributed by atoms with Crippen molar-refractivity contribution in [3.8, 4) is 0 Å². The molecule has 35 heavy (non-hydrogen) atoms. The van der Waals surface area contributed by atoms with Crippen molar-refractivity contribution in [1.29, 1.82) is 0 Å². The summed E-state index contributed by atoms with van der Waals surface area (Å²) in [6, 6.07) is 2.78. The Morgan fingerprint density at radius 2 is 1.63 bits per heavy atom. The van der Waals surface area contributed by atoms with Gasteiger partial charge in [-0.3, -0.25) is 19.2 Å². The van der Waals surface area contributed by atoms with E-state index in [1.54, 1.807) is 20.0 Å². The summed E-state index contributed by atoms with van der Waals surface area (Å²) in [6.45, 7) is 4.69. The second-order valence-corrected chi connectivity index (χ2v) is 8.70. The Labute approximate surface area is 202 Å². The van der Waals surface area contributed by atoms with Crippen LogP contribution in [-0.4, -0.2) is 63.9 Å². The summed E-state index contributed by atoms with van der Waals surface area (Å²) in [5.41, 5.74) is 12.2. The molecule has 4 amide bonds. The smallest absolute Gasteiger partial charge is 0.326 e. The molecule has 2 aromatic rings. The molecule has 0 bridgehead atoms. The zero-order valence-corrected chi connectivity index (χ0v) is 19.8. The number of carbonyl (C=O) groups excluding carboxylic acids is 4. The molecule has 1 aromatic carbocycles. The van der Waals surface area contributed by atoms with Crippen molar-refractivity contribution in [3.05, 3.63) is 36.0 Å². The first-order chi connectivity index (χ1) is 16.4. The number of carboxylic acid groups (broad SMARTS) is 1. The average Bonchev–Trinajstić information content (AvgIpc) is 3.18. The Bertz CT molecular complexity index is 1100. The third-order valence-electron chi connectivity index (χ3n) is 5.47. The maximum atomic E-state index is 13.1. The number of aliphatic carboxylic acids is 1. The van der Waals surface area contributed by atoms with Gasteiger partial charge in [0.25, 0.3) is 0 Å². The number of nitrogens with one attached hydrogen (secondary N) is 4. The number of hydrogen-bond donors (Lipinski definition) is 7. The summed E-state index contributed by atoms with van der Waals surface area (Å²) in [7, 11) is 0. The summed E-state index contributed by atoms with van der Waals surface area (Å²) < 4.78 is 0. The molecule has 0 fully saturated rings. The molecule has 0 saturated carbocycles. The first-order valence-corrected chi connectivity index (χ1v) is 11.1. The Balaban J connectivity index is 2.21. The van der Waals surface area contributed by atoms with Crippen LogP contribution in [0.2, 0.25) is 0 Å². The minimum Gasteiger partial charge on any atom is -0.480 e. The van der Waals surface area contributed by atoms with E-state index in [0.29, 0.717) is 0 Å².